The highest BCUT2D eigenvalue weighted by molar-refractivity contribution is 4.79. The van der Waals surface area contributed by atoms with Crippen molar-refractivity contribution in [2.75, 3.05) is 0 Å². The molecule has 0 aromatic carbocycles. The highest BCUT2D eigenvalue weighted by Gasteiger charge is 2.28. The Balaban J connectivity index is 1.82. The number of hydrogen-bond acceptors (Lipinski definition) is 0. The molecule has 0 N–H and O–H groups in total. The summed E-state index contributed by atoms with van der Waals surface area (Å²) in [4.78, 5) is 0. The van der Waals surface area contributed by atoms with Crippen molar-refractivity contribution in [1.82, 2.24) is 0 Å². The molecule has 2 aliphatic carbocycles. The molecule has 17 heavy (non-hydrogen) atoms. The van der Waals surface area contributed by atoms with Crippen LogP contribution in [0, 0.1) is 29.6 Å². The fourth-order valence-corrected chi connectivity index (χ4v) is 4.21. The van der Waals surface area contributed by atoms with Crippen molar-refractivity contribution in [3.8, 4) is 0 Å². The largest absolute Gasteiger partial charge is 0.0625 e. The molecule has 0 amide bonds. The summed E-state index contributed by atoms with van der Waals surface area (Å²) in [6, 6.07) is 0. The van der Waals surface area contributed by atoms with E-state index in [4.69, 9.17) is 0 Å². The Morgan fingerprint density at radius 3 is 2.35 bits per heavy atom. The molecule has 2 fully saturated rings. The van der Waals surface area contributed by atoms with Crippen LogP contribution in [0.25, 0.3) is 0 Å². The van der Waals surface area contributed by atoms with Gasteiger partial charge >= 0.3 is 0 Å². The summed E-state index contributed by atoms with van der Waals surface area (Å²) >= 11 is 0. The van der Waals surface area contributed by atoms with Crippen LogP contribution in [-0.2, 0) is 0 Å². The van der Waals surface area contributed by atoms with Crippen LogP contribution in [0.15, 0.2) is 0 Å². The Morgan fingerprint density at radius 1 is 0.765 bits per heavy atom. The maximum absolute atomic E-state index is 2.51. The van der Waals surface area contributed by atoms with Crippen LogP contribution in [0.3, 0.4) is 0 Å². The molecule has 0 nitrogen and oxygen atoms in total. The summed E-state index contributed by atoms with van der Waals surface area (Å²) in [5.41, 5.74) is 0. The standard InChI is InChI=1S/C17H32/c1-13-5-4-6-16(10-8-13)12-17-11-14(2)7-9-15(17)3/h13-17H,4-12H2,1-3H3. The Morgan fingerprint density at radius 2 is 1.53 bits per heavy atom. The minimum Gasteiger partial charge on any atom is -0.0625 e. The van der Waals surface area contributed by atoms with Crippen molar-refractivity contribution in [3.63, 3.8) is 0 Å². The maximum atomic E-state index is 2.51. The van der Waals surface area contributed by atoms with Crippen LogP contribution in [0.1, 0.15) is 78.6 Å². The van der Waals surface area contributed by atoms with Gasteiger partial charge in [-0.05, 0) is 42.4 Å². The van der Waals surface area contributed by atoms with Crippen LogP contribution < -0.4 is 0 Å². The minimum atomic E-state index is 1.00. The predicted molar refractivity (Wildman–Crippen MR) is 76.0 cm³/mol. The average Bonchev–Trinajstić information content (AvgIpc) is 2.49. The predicted octanol–water partition coefficient (Wildman–Crippen LogP) is 5.67. The van der Waals surface area contributed by atoms with Crippen molar-refractivity contribution in [1.29, 1.82) is 0 Å². The first kappa shape index (κ1) is 13.4. The van der Waals surface area contributed by atoms with Gasteiger partial charge in [0, 0.05) is 0 Å². The van der Waals surface area contributed by atoms with Gasteiger partial charge in [-0.3, -0.25) is 0 Å². The topological polar surface area (TPSA) is 0 Å². The van der Waals surface area contributed by atoms with E-state index in [-0.39, 0.29) is 0 Å². The quantitative estimate of drug-likeness (QED) is 0.542. The monoisotopic (exact) mass is 236 g/mol. The first-order valence-electron chi connectivity index (χ1n) is 8.15. The zero-order valence-electron chi connectivity index (χ0n) is 12.3. The van der Waals surface area contributed by atoms with Gasteiger partial charge in [0.15, 0.2) is 0 Å². The average molecular weight is 236 g/mol. The SMILES string of the molecule is CC1CCCC(CC2CC(C)CCC2C)CC1. The van der Waals surface area contributed by atoms with Gasteiger partial charge in [0.05, 0.1) is 0 Å². The highest BCUT2D eigenvalue weighted by Crippen LogP contribution is 2.40. The lowest BCUT2D eigenvalue weighted by Gasteiger charge is -2.35. The Labute approximate surface area is 109 Å². The molecule has 100 valence electrons. The molecule has 0 bridgehead atoms. The van der Waals surface area contributed by atoms with Crippen molar-refractivity contribution >= 4 is 0 Å². The van der Waals surface area contributed by atoms with E-state index in [1.165, 1.54) is 51.4 Å². The lowest BCUT2D eigenvalue weighted by Crippen LogP contribution is -2.24. The number of rotatable bonds is 2. The molecule has 2 aliphatic rings. The zero-order chi connectivity index (χ0) is 12.3. The van der Waals surface area contributed by atoms with Gasteiger partial charge in [-0.2, -0.15) is 0 Å². The van der Waals surface area contributed by atoms with Crippen molar-refractivity contribution in [2.45, 2.75) is 78.6 Å². The van der Waals surface area contributed by atoms with Crippen LogP contribution >= 0.6 is 0 Å². The van der Waals surface area contributed by atoms with Gasteiger partial charge in [0.25, 0.3) is 0 Å². The smallest absolute Gasteiger partial charge is 0.0383 e. The van der Waals surface area contributed by atoms with E-state index in [9.17, 15) is 0 Å². The minimum absolute atomic E-state index is 1.00. The van der Waals surface area contributed by atoms with Gasteiger partial charge in [0.2, 0.25) is 0 Å². The van der Waals surface area contributed by atoms with Crippen molar-refractivity contribution < 1.29 is 0 Å². The van der Waals surface area contributed by atoms with E-state index in [1.54, 1.807) is 6.42 Å². The second-order valence-corrected chi connectivity index (χ2v) is 7.37. The van der Waals surface area contributed by atoms with E-state index in [2.05, 4.69) is 20.8 Å². The normalized spacial score (nSPS) is 44.3. The summed E-state index contributed by atoms with van der Waals surface area (Å²) in [6.07, 6.45) is 13.6. The van der Waals surface area contributed by atoms with Gasteiger partial charge in [-0.1, -0.05) is 65.7 Å². The van der Waals surface area contributed by atoms with Crippen molar-refractivity contribution in [2.24, 2.45) is 29.6 Å². The van der Waals surface area contributed by atoms with Crippen LogP contribution in [0.2, 0.25) is 0 Å². The fraction of sp³-hybridized carbons (Fsp3) is 1.00. The van der Waals surface area contributed by atoms with E-state index >= 15 is 0 Å². The first-order chi connectivity index (χ1) is 8.15. The Bertz CT molecular complexity index is 220. The molecule has 0 heterocycles. The molecule has 0 aliphatic heterocycles. The van der Waals surface area contributed by atoms with Gasteiger partial charge < -0.3 is 0 Å². The number of hydrogen-bond donors (Lipinski definition) is 0. The molecular weight excluding hydrogens is 204 g/mol. The highest BCUT2D eigenvalue weighted by atomic mass is 14.3. The summed E-state index contributed by atoms with van der Waals surface area (Å²) < 4.78 is 0. The summed E-state index contributed by atoms with van der Waals surface area (Å²) in [7, 11) is 0. The van der Waals surface area contributed by atoms with E-state index in [1.807, 2.05) is 0 Å². The van der Waals surface area contributed by atoms with Gasteiger partial charge in [0.1, 0.15) is 0 Å². The molecule has 0 heteroatoms. The molecule has 5 atom stereocenters. The van der Waals surface area contributed by atoms with E-state index < -0.39 is 0 Å². The second kappa shape index (κ2) is 6.25. The van der Waals surface area contributed by atoms with Crippen LogP contribution in [-0.4, -0.2) is 0 Å². The fourth-order valence-electron chi connectivity index (χ4n) is 4.21. The molecule has 2 saturated carbocycles. The lowest BCUT2D eigenvalue weighted by atomic mass is 9.71. The summed E-state index contributed by atoms with van der Waals surface area (Å²) in [5, 5.41) is 0. The summed E-state index contributed by atoms with van der Waals surface area (Å²) in [5.74, 6) is 5.13. The first-order valence-corrected chi connectivity index (χ1v) is 8.15. The van der Waals surface area contributed by atoms with Crippen LogP contribution in [0.5, 0.6) is 0 Å². The third-order valence-corrected chi connectivity index (χ3v) is 5.64. The maximum Gasteiger partial charge on any atom is -0.0383 e. The van der Waals surface area contributed by atoms with E-state index in [0.717, 1.165) is 29.6 Å². The third kappa shape index (κ3) is 4.00. The molecule has 0 radical (unpaired) electrons. The van der Waals surface area contributed by atoms with Crippen LogP contribution in [0.4, 0.5) is 0 Å². The third-order valence-electron chi connectivity index (χ3n) is 5.64. The summed E-state index contributed by atoms with van der Waals surface area (Å²) in [6.45, 7) is 7.43. The molecule has 0 aromatic rings. The van der Waals surface area contributed by atoms with Gasteiger partial charge in [-0.15, -0.1) is 0 Å². The Hall–Kier alpha value is 0. The molecule has 0 spiro atoms. The molecule has 2 rings (SSSR count). The second-order valence-electron chi connectivity index (χ2n) is 7.37. The molecule has 5 unspecified atom stereocenters. The molecule has 0 saturated heterocycles. The van der Waals surface area contributed by atoms with E-state index in [0.29, 0.717) is 0 Å². The Kier molecular flexibility index (Phi) is 4.94. The molecular formula is C17H32. The zero-order valence-corrected chi connectivity index (χ0v) is 12.3. The van der Waals surface area contributed by atoms with Gasteiger partial charge in [-0.25, -0.2) is 0 Å². The molecule has 0 aromatic heterocycles. The van der Waals surface area contributed by atoms with Crippen molar-refractivity contribution in [3.05, 3.63) is 0 Å². The lowest BCUT2D eigenvalue weighted by molar-refractivity contribution is 0.164.